The highest BCUT2D eigenvalue weighted by Crippen LogP contribution is 2.37. The van der Waals surface area contributed by atoms with E-state index in [2.05, 4.69) is 26.5 Å². The van der Waals surface area contributed by atoms with Gasteiger partial charge in [0.1, 0.15) is 18.0 Å². The van der Waals surface area contributed by atoms with Gasteiger partial charge in [0.05, 0.1) is 31.0 Å². The van der Waals surface area contributed by atoms with Crippen LogP contribution in [-0.2, 0) is 14.8 Å². The van der Waals surface area contributed by atoms with E-state index in [4.69, 9.17) is 18.9 Å². The number of hydrogen-bond acceptors (Lipinski definition) is 8. The SMILES string of the molecule is COc1ccc(N(CC(=O)N/N=C\c2cc3c(cc2Br)OCO3)S(=O)(=O)c2ccccc2)c(OC)c1. The van der Waals surface area contributed by atoms with Crippen LogP contribution in [-0.4, -0.2) is 48.1 Å². The van der Waals surface area contributed by atoms with E-state index < -0.39 is 22.5 Å². The van der Waals surface area contributed by atoms with Crippen molar-refractivity contribution in [2.45, 2.75) is 4.90 Å². The number of nitrogens with one attached hydrogen (secondary N) is 1. The largest absolute Gasteiger partial charge is 0.497 e. The van der Waals surface area contributed by atoms with Crippen molar-refractivity contribution in [1.82, 2.24) is 5.43 Å². The summed E-state index contributed by atoms with van der Waals surface area (Å²) in [6.07, 6.45) is 1.41. The van der Waals surface area contributed by atoms with E-state index in [1.165, 1.54) is 44.7 Å². The molecular formula is C24H22BrN3O7S. The maximum atomic E-state index is 13.5. The zero-order valence-corrected chi connectivity index (χ0v) is 21.7. The minimum Gasteiger partial charge on any atom is -0.497 e. The fraction of sp³-hybridized carbons (Fsp3) is 0.167. The van der Waals surface area contributed by atoms with Gasteiger partial charge in [-0.25, -0.2) is 13.8 Å². The maximum absolute atomic E-state index is 13.5. The highest BCUT2D eigenvalue weighted by atomic mass is 79.9. The van der Waals surface area contributed by atoms with E-state index in [1.807, 2.05) is 0 Å². The summed E-state index contributed by atoms with van der Waals surface area (Å²) in [4.78, 5) is 12.9. The first-order chi connectivity index (χ1) is 17.3. The van der Waals surface area contributed by atoms with Crippen molar-refractivity contribution in [1.29, 1.82) is 0 Å². The molecule has 10 nitrogen and oxygen atoms in total. The van der Waals surface area contributed by atoms with E-state index in [0.717, 1.165) is 4.31 Å². The molecule has 12 heteroatoms. The Morgan fingerprint density at radius 1 is 1.08 bits per heavy atom. The van der Waals surface area contributed by atoms with Crippen LogP contribution in [0.4, 0.5) is 5.69 Å². The molecule has 0 radical (unpaired) electrons. The summed E-state index contributed by atoms with van der Waals surface area (Å²) in [6, 6.07) is 15.9. The number of carbonyl (C=O) groups excluding carboxylic acids is 1. The number of rotatable bonds is 9. The van der Waals surface area contributed by atoms with Crippen LogP contribution in [0.2, 0.25) is 0 Å². The number of hydrogen-bond donors (Lipinski definition) is 1. The summed E-state index contributed by atoms with van der Waals surface area (Å²) in [5, 5.41) is 3.98. The second-order valence-electron chi connectivity index (χ2n) is 7.38. The highest BCUT2D eigenvalue weighted by Gasteiger charge is 2.29. The number of fused-ring (bicyclic) bond motifs is 1. The molecule has 1 aliphatic rings. The van der Waals surface area contributed by atoms with Crippen molar-refractivity contribution in [3.05, 3.63) is 70.7 Å². The second kappa shape index (κ2) is 10.9. The predicted molar refractivity (Wildman–Crippen MR) is 137 cm³/mol. The maximum Gasteiger partial charge on any atom is 0.264 e. The van der Waals surface area contributed by atoms with Crippen LogP contribution >= 0.6 is 15.9 Å². The smallest absolute Gasteiger partial charge is 0.264 e. The standard InChI is InChI=1S/C24H22BrN3O7S/c1-32-17-8-9-20(21(11-17)33-2)28(36(30,31)18-6-4-3-5-7-18)14-24(29)27-26-13-16-10-22-23(12-19(16)25)35-15-34-22/h3-13H,14-15H2,1-2H3,(H,27,29)/b26-13-. The van der Waals surface area contributed by atoms with Crippen molar-refractivity contribution >= 4 is 43.8 Å². The molecule has 1 aliphatic heterocycles. The molecule has 0 saturated carbocycles. The zero-order valence-electron chi connectivity index (χ0n) is 19.3. The minimum atomic E-state index is -4.13. The van der Waals surface area contributed by atoms with Gasteiger partial charge in [0.15, 0.2) is 11.5 Å². The van der Waals surface area contributed by atoms with Crippen LogP contribution in [0.5, 0.6) is 23.0 Å². The van der Waals surface area contributed by atoms with E-state index in [0.29, 0.717) is 27.3 Å². The molecule has 0 unspecified atom stereocenters. The zero-order chi connectivity index (χ0) is 25.7. The Bertz CT molecular complexity index is 1400. The molecule has 36 heavy (non-hydrogen) atoms. The lowest BCUT2D eigenvalue weighted by Crippen LogP contribution is -2.39. The van der Waals surface area contributed by atoms with Gasteiger partial charge in [-0.15, -0.1) is 0 Å². The summed E-state index contributed by atoms with van der Waals surface area (Å²) >= 11 is 3.42. The number of amides is 1. The number of nitrogens with zero attached hydrogens (tertiary/aromatic N) is 2. The Morgan fingerprint density at radius 3 is 2.50 bits per heavy atom. The van der Waals surface area contributed by atoms with E-state index >= 15 is 0 Å². The Kier molecular flexibility index (Phi) is 7.65. The predicted octanol–water partition coefficient (Wildman–Crippen LogP) is 3.54. The summed E-state index contributed by atoms with van der Waals surface area (Å²) in [5.41, 5.74) is 3.17. The third-order valence-corrected chi connectivity index (χ3v) is 7.62. The Balaban J connectivity index is 1.60. The van der Waals surface area contributed by atoms with E-state index in [9.17, 15) is 13.2 Å². The number of carbonyl (C=O) groups is 1. The molecule has 1 amide bonds. The number of ether oxygens (including phenoxy) is 4. The van der Waals surface area contributed by atoms with Gasteiger partial charge in [0.2, 0.25) is 6.79 Å². The number of sulfonamides is 1. The van der Waals surface area contributed by atoms with Gasteiger partial charge >= 0.3 is 0 Å². The normalized spacial score (nSPS) is 12.4. The molecule has 0 atom stereocenters. The average molecular weight is 576 g/mol. The molecule has 0 spiro atoms. The Hall–Kier alpha value is -3.77. The van der Waals surface area contributed by atoms with Crippen LogP contribution in [0.25, 0.3) is 0 Å². The Labute approximate surface area is 216 Å². The minimum absolute atomic E-state index is 0.0171. The third kappa shape index (κ3) is 5.39. The first-order valence-corrected chi connectivity index (χ1v) is 12.8. The van der Waals surface area contributed by atoms with Crippen molar-refractivity contribution < 1.29 is 32.2 Å². The van der Waals surface area contributed by atoms with Crippen molar-refractivity contribution in [3.8, 4) is 23.0 Å². The molecule has 4 rings (SSSR count). The molecular weight excluding hydrogens is 554 g/mol. The Morgan fingerprint density at radius 2 is 1.81 bits per heavy atom. The van der Waals surface area contributed by atoms with Gasteiger partial charge in [0.25, 0.3) is 15.9 Å². The molecule has 0 aliphatic carbocycles. The van der Waals surface area contributed by atoms with Crippen molar-refractivity contribution in [3.63, 3.8) is 0 Å². The number of hydrazone groups is 1. The van der Waals surface area contributed by atoms with E-state index in [1.54, 1.807) is 36.4 Å². The van der Waals surface area contributed by atoms with Crippen LogP contribution in [0, 0.1) is 0 Å². The first kappa shape index (κ1) is 25.3. The molecule has 3 aromatic carbocycles. The molecule has 188 valence electrons. The van der Waals surface area contributed by atoms with Crippen molar-refractivity contribution in [2.24, 2.45) is 5.10 Å². The number of halogens is 1. The fourth-order valence-electron chi connectivity index (χ4n) is 3.38. The number of methoxy groups -OCH3 is 2. The quantitative estimate of drug-likeness (QED) is 0.306. The van der Waals surface area contributed by atoms with Crippen LogP contribution in [0.15, 0.2) is 75.1 Å². The fourth-order valence-corrected chi connectivity index (χ4v) is 5.26. The summed E-state index contributed by atoms with van der Waals surface area (Å²) in [5.74, 6) is 1.17. The van der Waals surface area contributed by atoms with Gasteiger partial charge in [-0.1, -0.05) is 18.2 Å². The lowest BCUT2D eigenvalue weighted by Gasteiger charge is -2.25. The molecule has 0 fully saturated rings. The van der Waals surface area contributed by atoms with E-state index in [-0.39, 0.29) is 23.1 Å². The molecule has 1 heterocycles. The molecule has 0 aromatic heterocycles. The number of anilines is 1. The van der Waals surface area contributed by atoms with Crippen LogP contribution < -0.4 is 28.7 Å². The monoisotopic (exact) mass is 575 g/mol. The lowest BCUT2D eigenvalue weighted by atomic mass is 10.2. The molecule has 0 saturated heterocycles. The van der Waals surface area contributed by atoms with Gasteiger partial charge in [-0.05, 0) is 52.3 Å². The lowest BCUT2D eigenvalue weighted by molar-refractivity contribution is -0.119. The van der Waals surface area contributed by atoms with Gasteiger partial charge in [0, 0.05) is 16.1 Å². The molecule has 3 aromatic rings. The third-order valence-electron chi connectivity index (χ3n) is 5.16. The topological polar surface area (TPSA) is 116 Å². The second-order valence-corrected chi connectivity index (χ2v) is 10.1. The highest BCUT2D eigenvalue weighted by molar-refractivity contribution is 9.10. The average Bonchev–Trinajstić information content (AvgIpc) is 3.34. The van der Waals surface area contributed by atoms with Crippen LogP contribution in [0.1, 0.15) is 5.56 Å². The van der Waals surface area contributed by atoms with Crippen LogP contribution in [0.3, 0.4) is 0 Å². The molecule has 1 N–H and O–H groups in total. The summed E-state index contributed by atoms with van der Waals surface area (Å²) in [7, 11) is -1.25. The number of benzene rings is 3. The van der Waals surface area contributed by atoms with Gasteiger partial charge in [-0.2, -0.15) is 5.10 Å². The molecule has 0 bridgehead atoms. The van der Waals surface area contributed by atoms with Gasteiger partial charge < -0.3 is 18.9 Å². The summed E-state index contributed by atoms with van der Waals surface area (Å²) < 4.78 is 50.0. The summed E-state index contributed by atoms with van der Waals surface area (Å²) in [6.45, 7) is -0.431. The van der Waals surface area contributed by atoms with Crippen molar-refractivity contribution in [2.75, 3.05) is 31.9 Å². The first-order valence-electron chi connectivity index (χ1n) is 10.5. The van der Waals surface area contributed by atoms with Gasteiger partial charge in [-0.3, -0.25) is 9.10 Å².